The van der Waals surface area contributed by atoms with E-state index < -0.39 is 17.2 Å². The molecule has 0 unspecified atom stereocenters. The third-order valence-electron chi connectivity index (χ3n) is 5.19. The molecule has 0 fully saturated rings. The molecule has 0 aliphatic carbocycles. The molecule has 0 aromatic heterocycles. The minimum atomic E-state index is -2.62. The van der Waals surface area contributed by atoms with Gasteiger partial charge in [-0.25, -0.2) is 0 Å². The van der Waals surface area contributed by atoms with E-state index in [0.29, 0.717) is 0 Å². The lowest BCUT2D eigenvalue weighted by Gasteiger charge is -2.24. The van der Waals surface area contributed by atoms with Crippen molar-refractivity contribution in [3.05, 3.63) is 70.8 Å². The van der Waals surface area contributed by atoms with Crippen LogP contribution in [0.25, 0.3) is 0 Å². The van der Waals surface area contributed by atoms with Crippen molar-refractivity contribution in [1.29, 1.82) is 0 Å². The molecule has 0 aliphatic rings. The zero-order chi connectivity index (χ0) is 29.1. The fourth-order valence-corrected chi connectivity index (χ4v) is 2.90. The van der Waals surface area contributed by atoms with Crippen molar-refractivity contribution >= 4 is 17.2 Å². The van der Waals surface area contributed by atoms with Gasteiger partial charge in [0.25, 0.3) is 0 Å². The summed E-state index contributed by atoms with van der Waals surface area (Å²) in [6.07, 6.45) is 0. The topological polar surface area (TPSA) is 121 Å². The van der Waals surface area contributed by atoms with Crippen molar-refractivity contribution in [2.24, 2.45) is 0 Å². The van der Waals surface area contributed by atoms with Crippen LogP contribution >= 0.6 is 17.2 Å². The Labute approximate surface area is 248 Å². The molecule has 248 valence electrons. The lowest BCUT2D eigenvalue weighted by Crippen LogP contribution is -2.15. The maximum atomic E-state index is 7.23. The van der Waals surface area contributed by atoms with E-state index in [4.69, 9.17) is 29.4 Å². The SMILES string of the molecule is C.CC(C)(C)c1cccc(C(C)(C)C)c1.CC(C)(C)c1cccc(C(C)(C)C)c1.F.F.F.F.OP(O)O.OP(O)O. The van der Waals surface area contributed by atoms with Gasteiger partial charge in [-0.15, -0.1) is 0 Å². The van der Waals surface area contributed by atoms with E-state index in [-0.39, 0.29) is 47.9 Å². The van der Waals surface area contributed by atoms with E-state index in [1.165, 1.54) is 22.3 Å². The first-order valence-corrected chi connectivity index (χ1v) is 14.2. The summed E-state index contributed by atoms with van der Waals surface area (Å²) < 4.78 is 0. The van der Waals surface area contributed by atoms with Crippen LogP contribution in [0.3, 0.4) is 0 Å². The zero-order valence-electron chi connectivity index (χ0n) is 25.8. The molecular formula is C29H58F4O6P2. The van der Waals surface area contributed by atoms with Crippen LogP contribution in [0.1, 0.15) is 113 Å². The van der Waals surface area contributed by atoms with Crippen LogP contribution < -0.4 is 0 Å². The minimum absolute atomic E-state index is 0. The Morgan fingerprint density at radius 2 is 0.512 bits per heavy atom. The molecule has 0 aliphatic heterocycles. The molecule has 6 nitrogen and oxygen atoms in total. The molecule has 2 aromatic carbocycles. The van der Waals surface area contributed by atoms with E-state index in [2.05, 4.69) is 132 Å². The molecule has 2 rings (SSSR count). The van der Waals surface area contributed by atoms with Gasteiger partial charge in [0.15, 0.2) is 0 Å². The number of benzene rings is 2. The van der Waals surface area contributed by atoms with Crippen LogP contribution in [0.2, 0.25) is 0 Å². The van der Waals surface area contributed by atoms with Crippen LogP contribution in [-0.2, 0) is 21.7 Å². The Hall–Kier alpha value is -1.22. The van der Waals surface area contributed by atoms with Crippen molar-refractivity contribution < 1.29 is 48.2 Å². The Balaban J connectivity index is -0.0000000815. The summed E-state index contributed by atoms with van der Waals surface area (Å²) in [5, 5.41) is 0. The van der Waals surface area contributed by atoms with Gasteiger partial charge in [0, 0.05) is 0 Å². The van der Waals surface area contributed by atoms with Crippen molar-refractivity contribution in [3.8, 4) is 0 Å². The van der Waals surface area contributed by atoms with Crippen LogP contribution in [0, 0.1) is 0 Å². The summed E-state index contributed by atoms with van der Waals surface area (Å²) in [5.41, 5.74) is 6.69. The Morgan fingerprint density at radius 3 is 0.610 bits per heavy atom. The van der Waals surface area contributed by atoms with Gasteiger partial charge in [-0.3, -0.25) is 18.8 Å². The van der Waals surface area contributed by atoms with Gasteiger partial charge in [-0.05, 0) is 43.9 Å². The monoisotopic (exact) mass is 640 g/mol. The molecule has 0 saturated heterocycles. The summed E-state index contributed by atoms with van der Waals surface area (Å²) >= 11 is 0. The second-order valence-electron chi connectivity index (χ2n) is 12.7. The van der Waals surface area contributed by atoms with Crippen molar-refractivity contribution in [2.75, 3.05) is 0 Å². The van der Waals surface area contributed by atoms with Gasteiger partial charge in [0.1, 0.15) is 0 Å². The molecule has 0 atom stereocenters. The predicted molar refractivity (Wildman–Crippen MR) is 172 cm³/mol. The normalized spacial score (nSPS) is 10.6. The molecule has 0 spiro atoms. The number of hydrogen-bond donors (Lipinski definition) is 6. The summed E-state index contributed by atoms with van der Waals surface area (Å²) in [6.45, 7) is 27.1. The molecule has 0 amide bonds. The van der Waals surface area contributed by atoms with E-state index in [0.717, 1.165) is 0 Å². The fourth-order valence-electron chi connectivity index (χ4n) is 2.90. The standard InChI is InChI=1S/2C14H22.CH4.4FH.2H3O3P/c2*1-13(2,3)11-8-7-9-12(10-11)14(4,5)6;;;;;;2*1-4(2)3/h2*7-10H,1-6H3;1H4;4*1H;2*1-3H. The highest BCUT2D eigenvalue weighted by atomic mass is 31.2. The minimum Gasteiger partial charge on any atom is -0.328 e. The van der Waals surface area contributed by atoms with Crippen LogP contribution in [0.15, 0.2) is 48.5 Å². The van der Waals surface area contributed by atoms with E-state index in [1.807, 2.05) is 0 Å². The third-order valence-corrected chi connectivity index (χ3v) is 5.19. The summed E-state index contributed by atoms with van der Waals surface area (Å²) in [4.78, 5) is 43.4. The quantitative estimate of drug-likeness (QED) is 0.128. The molecule has 41 heavy (non-hydrogen) atoms. The summed E-state index contributed by atoms with van der Waals surface area (Å²) in [6, 6.07) is 17.9. The second kappa shape index (κ2) is 23.3. The molecule has 12 heteroatoms. The Kier molecular flexibility index (Phi) is 31.6. The van der Waals surface area contributed by atoms with Crippen molar-refractivity contribution in [2.45, 2.75) is 112 Å². The number of hydrogen-bond acceptors (Lipinski definition) is 6. The summed E-state index contributed by atoms with van der Waals surface area (Å²) in [7, 11) is -5.24. The maximum Gasteiger partial charge on any atom is 0.324 e. The molecule has 0 radical (unpaired) electrons. The van der Waals surface area contributed by atoms with Gasteiger partial charge in [0.05, 0.1) is 0 Å². The molecular weight excluding hydrogens is 582 g/mol. The van der Waals surface area contributed by atoms with Gasteiger partial charge >= 0.3 is 17.2 Å². The average Bonchev–Trinajstić information content (AvgIpc) is 2.65. The first-order valence-electron chi connectivity index (χ1n) is 11.8. The molecule has 0 bridgehead atoms. The highest BCUT2D eigenvalue weighted by Crippen LogP contribution is 2.29. The third kappa shape index (κ3) is 28.7. The van der Waals surface area contributed by atoms with Crippen LogP contribution in [0.4, 0.5) is 18.8 Å². The first-order chi connectivity index (χ1) is 15.9. The van der Waals surface area contributed by atoms with Crippen LogP contribution in [-0.4, -0.2) is 29.4 Å². The zero-order valence-corrected chi connectivity index (χ0v) is 27.6. The Morgan fingerprint density at radius 1 is 0.390 bits per heavy atom. The van der Waals surface area contributed by atoms with Crippen LogP contribution in [0.5, 0.6) is 0 Å². The van der Waals surface area contributed by atoms with Crippen molar-refractivity contribution in [3.63, 3.8) is 0 Å². The van der Waals surface area contributed by atoms with E-state index >= 15 is 0 Å². The lowest BCUT2D eigenvalue weighted by atomic mass is 9.81. The highest BCUT2D eigenvalue weighted by Gasteiger charge is 2.19. The smallest absolute Gasteiger partial charge is 0.324 e. The predicted octanol–water partition coefficient (Wildman–Crippen LogP) is 8.19. The van der Waals surface area contributed by atoms with Gasteiger partial charge in [-0.1, -0.05) is 139 Å². The lowest BCUT2D eigenvalue weighted by molar-refractivity contribution is 0.366. The summed E-state index contributed by atoms with van der Waals surface area (Å²) in [5.74, 6) is 0. The first kappa shape index (κ1) is 55.7. The highest BCUT2D eigenvalue weighted by molar-refractivity contribution is 7.38. The molecule has 0 saturated carbocycles. The van der Waals surface area contributed by atoms with Gasteiger partial charge < -0.3 is 29.4 Å². The second-order valence-corrected chi connectivity index (χ2v) is 13.8. The molecule has 0 heterocycles. The van der Waals surface area contributed by atoms with Gasteiger partial charge in [-0.2, -0.15) is 0 Å². The largest absolute Gasteiger partial charge is 0.328 e. The van der Waals surface area contributed by atoms with E-state index in [9.17, 15) is 0 Å². The average molecular weight is 641 g/mol. The molecule has 2 aromatic rings. The van der Waals surface area contributed by atoms with Crippen molar-refractivity contribution in [1.82, 2.24) is 0 Å². The van der Waals surface area contributed by atoms with Gasteiger partial charge in [0.2, 0.25) is 0 Å². The Bertz CT molecular complexity index is 753. The maximum absolute atomic E-state index is 7.23. The van der Waals surface area contributed by atoms with E-state index in [1.54, 1.807) is 0 Å². The fraction of sp³-hybridized carbons (Fsp3) is 0.586. The molecule has 6 N–H and O–H groups in total. The number of halogens is 4. The number of rotatable bonds is 0.